The lowest BCUT2D eigenvalue weighted by Crippen LogP contribution is -2.25. The van der Waals surface area contributed by atoms with E-state index >= 15 is 0 Å². The fourth-order valence-electron chi connectivity index (χ4n) is 2.18. The van der Waals surface area contributed by atoms with Crippen LogP contribution < -0.4 is 5.73 Å². The molecule has 3 N–H and O–H groups in total. The lowest BCUT2D eigenvalue weighted by atomic mass is 10.1. The third kappa shape index (κ3) is 4.94. The van der Waals surface area contributed by atoms with Crippen LogP contribution in [0.1, 0.15) is 22.4 Å². The molecule has 23 heavy (non-hydrogen) atoms. The number of nitrogens with two attached hydrogens (primary N) is 1. The monoisotopic (exact) mass is 324 g/mol. The Kier molecular flexibility index (Phi) is 5.57. The second kappa shape index (κ2) is 7.43. The molecule has 1 aromatic heterocycles. The maximum atomic E-state index is 12.7. The van der Waals surface area contributed by atoms with Crippen molar-refractivity contribution in [2.45, 2.75) is 12.7 Å². The molecule has 0 radical (unpaired) electrons. The Morgan fingerprint density at radius 2 is 2.09 bits per heavy atom. The van der Waals surface area contributed by atoms with Crippen LogP contribution in [0.3, 0.4) is 0 Å². The maximum absolute atomic E-state index is 12.7. The summed E-state index contributed by atoms with van der Waals surface area (Å²) in [5.74, 6) is 0. The van der Waals surface area contributed by atoms with Gasteiger partial charge >= 0.3 is 6.18 Å². The van der Waals surface area contributed by atoms with Crippen molar-refractivity contribution in [2.75, 3.05) is 20.1 Å². The normalized spacial score (nSPS) is 12.4. The molecule has 2 aromatic rings. The van der Waals surface area contributed by atoms with Gasteiger partial charge in [0.1, 0.15) is 0 Å². The van der Waals surface area contributed by atoms with Gasteiger partial charge in [-0.25, -0.2) is 0 Å². The zero-order valence-corrected chi connectivity index (χ0v) is 12.8. The number of alkyl halides is 3. The summed E-state index contributed by atoms with van der Waals surface area (Å²) in [6.07, 6.45) is 0.732. The van der Waals surface area contributed by atoms with Gasteiger partial charge < -0.3 is 10.6 Å². The molecule has 2 rings (SSSR count). The molecule has 0 aliphatic heterocycles. The van der Waals surface area contributed by atoms with Gasteiger partial charge in [0.25, 0.3) is 0 Å². The number of rotatable bonds is 6. The molecule has 0 spiro atoms. The minimum atomic E-state index is -4.34. The number of nitrogens with zero attached hydrogens (tertiary/aromatic N) is 2. The van der Waals surface area contributed by atoms with Crippen molar-refractivity contribution >= 4 is 12.2 Å². The van der Waals surface area contributed by atoms with Crippen molar-refractivity contribution in [3.8, 4) is 0 Å². The van der Waals surface area contributed by atoms with E-state index in [1.807, 2.05) is 11.9 Å². The number of hydrogen-bond donors (Lipinski definition) is 2. The van der Waals surface area contributed by atoms with Crippen LogP contribution in [0.4, 0.5) is 13.2 Å². The van der Waals surface area contributed by atoms with E-state index in [-0.39, 0.29) is 0 Å². The van der Waals surface area contributed by atoms with Crippen molar-refractivity contribution in [2.24, 2.45) is 5.73 Å². The van der Waals surface area contributed by atoms with Crippen molar-refractivity contribution < 1.29 is 13.2 Å². The SMILES string of the molecule is CN(CCN)Cc1cn[nH]c1/C=C/c1cccc(C(F)(F)F)c1. The topological polar surface area (TPSA) is 57.9 Å². The predicted octanol–water partition coefficient (Wildman–Crippen LogP) is 2.99. The molecule has 0 fully saturated rings. The number of aromatic nitrogens is 2. The van der Waals surface area contributed by atoms with Gasteiger partial charge in [0.15, 0.2) is 0 Å². The number of H-pyrrole nitrogens is 1. The summed E-state index contributed by atoms with van der Waals surface area (Å²) in [5.41, 5.74) is 7.06. The first-order valence-electron chi connectivity index (χ1n) is 7.16. The quantitative estimate of drug-likeness (QED) is 0.859. The number of benzene rings is 1. The summed E-state index contributed by atoms with van der Waals surface area (Å²) in [6, 6.07) is 5.20. The first-order valence-corrected chi connectivity index (χ1v) is 7.16. The van der Waals surface area contributed by atoms with Gasteiger partial charge in [0, 0.05) is 25.2 Å². The Balaban J connectivity index is 2.14. The summed E-state index contributed by atoms with van der Waals surface area (Å²) in [4.78, 5) is 2.05. The molecule has 0 aliphatic rings. The Bertz CT molecular complexity index is 661. The summed E-state index contributed by atoms with van der Waals surface area (Å²) < 4.78 is 38.1. The van der Waals surface area contributed by atoms with Crippen molar-refractivity contribution in [1.29, 1.82) is 0 Å². The number of halogens is 3. The van der Waals surface area contributed by atoms with Crippen LogP contribution in [-0.2, 0) is 12.7 Å². The first-order chi connectivity index (χ1) is 10.9. The molecular formula is C16H19F3N4. The molecule has 0 bridgehead atoms. The largest absolute Gasteiger partial charge is 0.416 e. The minimum absolute atomic E-state index is 0.482. The lowest BCUT2D eigenvalue weighted by molar-refractivity contribution is -0.137. The molecule has 0 amide bonds. The highest BCUT2D eigenvalue weighted by Crippen LogP contribution is 2.29. The number of hydrogen-bond acceptors (Lipinski definition) is 3. The van der Waals surface area contributed by atoms with E-state index in [4.69, 9.17) is 5.73 Å². The van der Waals surface area contributed by atoms with Gasteiger partial charge in [0.05, 0.1) is 17.5 Å². The highest BCUT2D eigenvalue weighted by atomic mass is 19.4. The zero-order chi connectivity index (χ0) is 16.9. The summed E-state index contributed by atoms with van der Waals surface area (Å²) in [6.45, 7) is 1.97. The van der Waals surface area contributed by atoms with E-state index in [2.05, 4.69) is 10.2 Å². The smallest absolute Gasteiger partial charge is 0.329 e. The number of likely N-dealkylation sites (N-methyl/N-ethyl adjacent to an activating group) is 1. The molecule has 0 unspecified atom stereocenters. The average Bonchev–Trinajstić information content (AvgIpc) is 2.92. The van der Waals surface area contributed by atoms with Gasteiger partial charge in [-0.05, 0) is 30.8 Å². The second-order valence-electron chi connectivity index (χ2n) is 5.29. The van der Waals surface area contributed by atoms with Crippen LogP contribution in [0, 0.1) is 0 Å². The van der Waals surface area contributed by atoms with Crippen LogP contribution in [0.15, 0.2) is 30.5 Å². The molecule has 4 nitrogen and oxygen atoms in total. The molecule has 0 atom stereocenters. The second-order valence-corrected chi connectivity index (χ2v) is 5.29. The van der Waals surface area contributed by atoms with Crippen LogP contribution in [0.2, 0.25) is 0 Å². The predicted molar refractivity (Wildman–Crippen MR) is 84.3 cm³/mol. The third-order valence-electron chi connectivity index (χ3n) is 3.36. The molecule has 0 aliphatic carbocycles. The van der Waals surface area contributed by atoms with E-state index in [1.54, 1.807) is 24.4 Å². The van der Waals surface area contributed by atoms with Gasteiger partial charge in [-0.2, -0.15) is 18.3 Å². The van der Waals surface area contributed by atoms with Gasteiger partial charge in [-0.1, -0.05) is 18.2 Å². The summed E-state index contributed by atoms with van der Waals surface area (Å²) in [7, 11) is 1.94. The Morgan fingerprint density at radius 1 is 1.30 bits per heavy atom. The highest BCUT2D eigenvalue weighted by molar-refractivity contribution is 5.69. The van der Waals surface area contributed by atoms with Crippen molar-refractivity contribution in [1.82, 2.24) is 15.1 Å². The van der Waals surface area contributed by atoms with E-state index < -0.39 is 11.7 Å². The zero-order valence-electron chi connectivity index (χ0n) is 12.8. The number of nitrogens with one attached hydrogen (secondary N) is 1. The lowest BCUT2D eigenvalue weighted by Gasteiger charge is -2.14. The molecular weight excluding hydrogens is 305 g/mol. The minimum Gasteiger partial charge on any atom is -0.329 e. The molecule has 0 saturated carbocycles. The summed E-state index contributed by atoms with van der Waals surface area (Å²) >= 11 is 0. The van der Waals surface area contributed by atoms with Gasteiger partial charge in [0.2, 0.25) is 0 Å². The Labute approximate surface area is 132 Å². The molecule has 124 valence electrons. The van der Waals surface area contributed by atoms with E-state index in [0.29, 0.717) is 18.7 Å². The molecule has 0 saturated heterocycles. The van der Waals surface area contributed by atoms with Crippen molar-refractivity contribution in [3.63, 3.8) is 0 Å². The van der Waals surface area contributed by atoms with Crippen molar-refractivity contribution in [3.05, 3.63) is 52.8 Å². The van der Waals surface area contributed by atoms with E-state index in [9.17, 15) is 13.2 Å². The molecule has 7 heteroatoms. The summed E-state index contributed by atoms with van der Waals surface area (Å²) in [5, 5.41) is 6.84. The fourth-order valence-corrected chi connectivity index (χ4v) is 2.18. The maximum Gasteiger partial charge on any atom is 0.416 e. The average molecular weight is 324 g/mol. The van der Waals surface area contributed by atoms with E-state index in [1.165, 1.54) is 6.07 Å². The number of aromatic amines is 1. The van der Waals surface area contributed by atoms with Crippen LogP contribution in [-0.4, -0.2) is 35.2 Å². The fraction of sp³-hybridized carbons (Fsp3) is 0.312. The van der Waals surface area contributed by atoms with Crippen LogP contribution in [0.5, 0.6) is 0 Å². The highest BCUT2D eigenvalue weighted by Gasteiger charge is 2.30. The van der Waals surface area contributed by atoms with Gasteiger partial charge in [-0.3, -0.25) is 5.10 Å². The first kappa shape index (κ1) is 17.2. The third-order valence-corrected chi connectivity index (χ3v) is 3.36. The van der Waals surface area contributed by atoms with E-state index in [0.717, 1.165) is 29.9 Å². The Hall–Kier alpha value is -2.12. The molecule has 1 heterocycles. The van der Waals surface area contributed by atoms with Gasteiger partial charge in [-0.15, -0.1) is 0 Å². The standard InChI is InChI=1S/C16H19F3N4/c1-23(8-7-20)11-13-10-21-22-15(13)6-5-12-3-2-4-14(9-12)16(17,18)19/h2-6,9-10H,7-8,11,20H2,1H3,(H,21,22)/b6-5+. The van der Waals surface area contributed by atoms with Crippen LogP contribution >= 0.6 is 0 Å². The molecule has 1 aromatic carbocycles. The van der Waals surface area contributed by atoms with Crippen LogP contribution in [0.25, 0.3) is 12.2 Å². The Morgan fingerprint density at radius 3 is 2.78 bits per heavy atom.